The fourth-order valence-electron chi connectivity index (χ4n) is 11.8. The average molecular weight is 1590 g/mol. The number of carbonyl (C=O) groups excluding carboxylic acids is 5. The van der Waals surface area contributed by atoms with Gasteiger partial charge in [-0.05, 0) is 173 Å². The van der Waals surface area contributed by atoms with Crippen LogP contribution in [0.25, 0.3) is 22.1 Å². The van der Waals surface area contributed by atoms with Gasteiger partial charge in [-0.3, -0.25) is 36.9 Å². The maximum absolute atomic E-state index is 12.5. The van der Waals surface area contributed by atoms with E-state index in [0.29, 0.717) is 58.4 Å². The molecule has 4 aliphatic rings. The highest BCUT2D eigenvalue weighted by atomic mass is 35.5. The first-order valence-corrected chi connectivity index (χ1v) is 34.8. The summed E-state index contributed by atoms with van der Waals surface area (Å²) in [7, 11) is 0. The maximum atomic E-state index is 12.5. The van der Waals surface area contributed by atoms with E-state index in [0.717, 1.165) is 83.8 Å². The number of imidazole rings is 4. The molecule has 1 N–H and O–H groups in total. The average Bonchev–Trinajstić information content (AvgIpc) is 1.77. The van der Waals surface area contributed by atoms with Gasteiger partial charge in [0.2, 0.25) is 16.4 Å². The van der Waals surface area contributed by atoms with E-state index in [9.17, 15) is 24.0 Å². The van der Waals surface area contributed by atoms with E-state index in [-0.39, 0.29) is 87.3 Å². The van der Waals surface area contributed by atoms with Gasteiger partial charge in [0.15, 0.2) is 0 Å². The fourth-order valence-corrected chi connectivity index (χ4v) is 13.0. The van der Waals surface area contributed by atoms with E-state index in [1.165, 1.54) is 26.7 Å². The number of hydrogen-bond donors (Lipinski definition) is 1. The van der Waals surface area contributed by atoms with E-state index < -0.39 is 11.2 Å². The Labute approximate surface area is 652 Å². The van der Waals surface area contributed by atoms with Gasteiger partial charge in [-0.25, -0.2) is 29.5 Å². The van der Waals surface area contributed by atoms with Crippen LogP contribution in [0.4, 0.5) is 27.0 Å². The maximum Gasteiger partial charge on any atom is 0.410 e. The molecule has 576 valence electrons. The predicted octanol–water partition coefficient (Wildman–Crippen LogP) is 18.6. The predicted molar refractivity (Wildman–Crippen MR) is 431 cm³/mol. The van der Waals surface area contributed by atoms with E-state index in [1.54, 1.807) is 65.9 Å². The largest absolute Gasteiger partial charge is 0.444 e. The smallest absolute Gasteiger partial charge is 0.410 e. The van der Waals surface area contributed by atoms with Crippen molar-refractivity contribution in [2.45, 2.75) is 188 Å². The molecule has 0 unspecified atom stereocenters. The van der Waals surface area contributed by atoms with Gasteiger partial charge < -0.3 is 39.3 Å². The van der Waals surface area contributed by atoms with Gasteiger partial charge >= 0.3 is 12.2 Å². The molecule has 4 aliphatic heterocycles. The number of nitrogens with one attached hydrogen (secondary N) is 1. The number of pyridine rings is 4. The topological polar surface area (TPSA) is 204 Å². The van der Waals surface area contributed by atoms with E-state index in [2.05, 4.69) is 109 Å². The molecule has 12 heterocycles. The Morgan fingerprint density at radius 1 is 0.447 bits per heavy atom. The Bertz CT molecular complexity index is 4030. The van der Waals surface area contributed by atoms with Crippen molar-refractivity contribution in [1.82, 2.24) is 57.6 Å². The lowest BCUT2D eigenvalue weighted by atomic mass is 9.84. The van der Waals surface area contributed by atoms with Crippen LogP contribution in [0.3, 0.4) is 0 Å². The van der Waals surface area contributed by atoms with E-state index >= 15 is 0 Å². The van der Waals surface area contributed by atoms with Gasteiger partial charge in [-0.2, -0.15) is 0 Å². The number of fused-ring (bicyclic) bond motifs is 4. The number of carbonyl (C=O) groups is 5. The van der Waals surface area contributed by atoms with Gasteiger partial charge in [0.25, 0.3) is 0 Å². The van der Waals surface area contributed by atoms with Crippen LogP contribution in [-0.4, -0.2) is 181 Å². The van der Waals surface area contributed by atoms with E-state index in [1.807, 2.05) is 123 Å². The second-order valence-electron chi connectivity index (χ2n) is 28.9. The van der Waals surface area contributed by atoms with Crippen LogP contribution in [0.2, 0.25) is 25.2 Å². The molecule has 4 saturated heterocycles. The lowest BCUT2D eigenvalue weighted by molar-refractivity contribution is -0.134. The molecule has 0 radical (unpaired) electrons. The molecule has 0 saturated carbocycles. The molecule has 3 amide bonds. The number of ether oxygens (including phenoxy) is 2. The lowest BCUT2D eigenvalue weighted by Crippen LogP contribution is -2.62. The monoisotopic (exact) mass is 1590 g/mol. The van der Waals surface area contributed by atoms with Crippen molar-refractivity contribution in [3.63, 3.8) is 0 Å². The lowest BCUT2D eigenvalue weighted by Gasteiger charge is -2.47. The Hall–Kier alpha value is -6.21. The molecule has 8 aromatic heterocycles. The van der Waals surface area contributed by atoms with Crippen LogP contribution in [0.15, 0.2) is 98.6 Å². The van der Waals surface area contributed by atoms with Crippen LogP contribution < -0.4 is 20.0 Å². The molecule has 4 fully saturated rings. The highest BCUT2D eigenvalue weighted by molar-refractivity contribution is 6.63. The van der Waals surface area contributed by atoms with Crippen LogP contribution in [-0.2, 0) is 23.9 Å². The number of anilines is 3. The molecule has 0 bridgehead atoms. The Kier molecular flexibility index (Phi) is 36.8. The molecule has 0 atom stereocenters. The summed E-state index contributed by atoms with van der Waals surface area (Å²) >= 11 is 39.6. The van der Waals surface area contributed by atoms with Crippen molar-refractivity contribution in [1.29, 1.82) is 0 Å². The van der Waals surface area contributed by atoms with Gasteiger partial charge in [0.1, 0.15) is 59.1 Å². The minimum absolute atomic E-state index is 0. The molecule has 22 nitrogen and oxygen atoms in total. The van der Waals surface area contributed by atoms with Gasteiger partial charge in [-0.15, -0.1) is 12.4 Å². The number of piperidine rings is 1. The third kappa shape index (κ3) is 27.9. The summed E-state index contributed by atoms with van der Waals surface area (Å²) < 4.78 is 18.9. The zero-order valence-electron chi connectivity index (χ0n) is 59.6. The first-order valence-electron chi connectivity index (χ1n) is 32.2. The molecule has 0 spiro atoms. The Balaban J connectivity index is 0.000000630. The normalized spacial score (nSPS) is 16.2. The summed E-state index contributed by atoms with van der Waals surface area (Å²) in [6.45, 7) is 41.3. The van der Waals surface area contributed by atoms with Crippen molar-refractivity contribution < 1.29 is 33.4 Å². The number of piperazine rings is 3. The highest BCUT2D eigenvalue weighted by Crippen LogP contribution is 2.35. The molecule has 0 aliphatic carbocycles. The number of rotatable bonds is 3. The number of amides is 3. The van der Waals surface area contributed by atoms with Crippen molar-refractivity contribution >= 4 is 162 Å². The van der Waals surface area contributed by atoms with Crippen molar-refractivity contribution in [2.24, 2.45) is 5.41 Å². The molecule has 12 rings (SSSR count). The Morgan fingerprint density at radius 2 is 0.767 bits per heavy atom. The summed E-state index contributed by atoms with van der Waals surface area (Å²) in [6.07, 6.45) is 16.3. The third-order valence-electron chi connectivity index (χ3n) is 15.9. The minimum Gasteiger partial charge on any atom is -0.444 e. The molecule has 0 aromatic carbocycles. The van der Waals surface area contributed by atoms with E-state index in [4.69, 9.17) is 67.5 Å². The third-order valence-corrected chi connectivity index (χ3v) is 17.1. The summed E-state index contributed by atoms with van der Waals surface area (Å²) in [5.41, 5.74) is 2.60. The van der Waals surface area contributed by atoms with Crippen LogP contribution in [0.1, 0.15) is 160 Å². The fraction of sp³-hybridized carbons (Fsp3) is 0.548. The van der Waals surface area contributed by atoms with Crippen molar-refractivity contribution in [3.05, 3.63) is 124 Å². The van der Waals surface area contributed by atoms with Gasteiger partial charge in [0.05, 0.1) is 63.5 Å². The number of nitrogens with zero attached hydrogens (tertiary/aromatic N) is 14. The first kappa shape index (κ1) is 94.8. The van der Waals surface area contributed by atoms with Gasteiger partial charge in [-0.1, -0.05) is 102 Å². The van der Waals surface area contributed by atoms with Gasteiger partial charge in [0, 0.05) is 113 Å². The number of aromatic nitrogens is 8. The number of halogens is 8. The second-order valence-corrected chi connectivity index (χ2v) is 32.1. The zero-order valence-corrected chi connectivity index (χ0v) is 65.7. The first-order chi connectivity index (χ1) is 45.5. The van der Waals surface area contributed by atoms with Crippen LogP contribution in [0.5, 0.6) is 0 Å². The standard InChI is InChI=1S/C18H25ClN4O2.C15H19ClN4O.C14H18ClN3.C11H22N2O2.C7H4Cl2N2.2C2H3ClO.4CH4.ClH/c1-17(2,3)25-16(24)23-7-6-21(11-18(23,4)5)15-9-13(19)8-14-10-20-12-22(14)15;1-11(21)20-5-4-18(9-15(20,2)3)14-7-12(16)6-13-8-17-10-19(13)14;1-14(2)4-3-5-17(9-14)13-7-11(15)6-12-8-16-10-18(12)13;1-10(2,3)15-9(14)13-7-6-12-8-11(13,4)5;8-5-1-6-3-10-4-11(6)7(9)2-5;2*1-2(3)4;;;;;/h8-10,12H,6-7,11H2,1-5H3;6-8,10H,4-5,9H2,1-3H3;6-8,10H,3-5,9H2,1-2H3;12H,6-8H2,1-5H3;1-4H;2*1H3;4*1H4;1H. The summed E-state index contributed by atoms with van der Waals surface area (Å²) in [5, 5.41) is 5.91. The summed E-state index contributed by atoms with van der Waals surface area (Å²) in [5.74, 6) is 3.28. The minimum atomic E-state index is -0.500. The van der Waals surface area contributed by atoms with Crippen molar-refractivity contribution in [2.75, 3.05) is 86.7 Å². The van der Waals surface area contributed by atoms with Crippen molar-refractivity contribution in [3.8, 4) is 0 Å². The zero-order chi connectivity index (χ0) is 73.0. The summed E-state index contributed by atoms with van der Waals surface area (Å²) in [4.78, 5) is 83.6. The van der Waals surface area contributed by atoms with Crippen LogP contribution >= 0.6 is 93.6 Å². The quantitative estimate of drug-likeness (QED) is 0.129. The van der Waals surface area contributed by atoms with Crippen LogP contribution in [0, 0.1) is 5.41 Å². The molecule has 103 heavy (non-hydrogen) atoms. The summed E-state index contributed by atoms with van der Waals surface area (Å²) in [6, 6.07) is 15.2. The SMILES string of the molecule is C.C.C.C.CC(=O)Cl.CC(=O)Cl.CC(=O)N1CCN(c2cc(Cl)cc3cncn23)CC1(C)C.CC(C)(C)OC(=O)N1CCN(c2cc(Cl)cc3cncn23)CC1(C)C.CC(C)(C)OC(=O)N1CCNCC1(C)C.CC1(C)CCCN(c2cc(Cl)cc3cncn23)C1.Cl.Clc1cc(Cl)n2cncc2c1. The second kappa shape index (κ2) is 39.9. The number of hydrogen-bond acceptors (Lipinski definition) is 15. The molecule has 30 heteroatoms. The highest BCUT2D eigenvalue weighted by Gasteiger charge is 2.41. The molecular weight excluding hydrogens is 1480 g/mol. The Morgan fingerprint density at radius 3 is 1.10 bits per heavy atom. The molecule has 8 aromatic rings. The molecular formula is C73H111Cl8N15O7.